The normalized spacial score (nSPS) is 29.2. The standard InChI is InChI=1S/C8H19N3/c1-8-6-10(3)4-5-11(8)7-9-2/h8-9H,4-7H2,1-3H3. The highest BCUT2D eigenvalue weighted by molar-refractivity contribution is 4.75. The van der Waals surface area contributed by atoms with Gasteiger partial charge in [0.25, 0.3) is 0 Å². The SMILES string of the molecule is CNCN1CCN(C)CC1C. The Hall–Kier alpha value is -0.120. The molecule has 1 unspecified atom stereocenters. The maximum absolute atomic E-state index is 3.19. The Labute approximate surface area is 69.4 Å². The van der Waals surface area contributed by atoms with Gasteiger partial charge in [0.15, 0.2) is 0 Å². The van der Waals surface area contributed by atoms with Crippen molar-refractivity contribution in [2.45, 2.75) is 13.0 Å². The van der Waals surface area contributed by atoms with Gasteiger partial charge in [-0.3, -0.25) is 4.90 Å². The third-order valence-electron chi connectivity index (χ3n) is 2.33. The Morgan fingerprint density at radius 2 is 2.18 bits per heavy atom. The Balaban J connectivity index is 2.31. The van der Waals surface area contributed by atoms with Crippen LogP contribution in [0.1, 0.15) is 6.92 Å². The van der Waals surface area contributed by atoms with Crippen LogP contribution in [0.15, 0.2) is 0 Å². The van der Waals surface area contributed by atoms with Crippen LogP contribution in [-0.4, -0.2) is 56.2 Å². The van der Waals surface area contributed by atoms with Crippen molar-refractivity contribution >= 4 is 0 Å². The largest absolute Gasteiger partial charge is 0.307 e. The van der Waals surface area contributed by atoms with Crippen molar-refractivity contribution in [3.05, 3.63) is 0 Å². The fourth-order valence-electron chi connectivity index (χ4n) is 1.62. The van der Waals surface area contributed by atoms with Gasteiger partial charge in [-0.1, -0.05) is 0 Å². The Bertz CT molecular complexity index is 116. The highest BCUT2D eigenvalue weighted by Crippen LogP contribution is 2.05. The van der Waals surface area contributed by atoms with E-state index < -0.39 is 0 Å². The van der Waals surface area contributed by atoms with E-state index in [-0.39, 0.29) is 0 Å². The third kappa shape index (κ3) is 2.43. The van der Waals surface area contributed by atoms with Crippen LogP contribution in [0, 0.1) is 0 Å². The number of piperazine rings is 1. The van der Waals surface area contributed by atoms with Crippen LogP contribution in [0.2, 0.25) is 0 Å². The van der Waals surface area contributed by atoms with Gasteiger partial charge in [-0.2, -0.15) is 0 Å². The smallest absolute Gasteiger partial charge is 0.0481 e. The van der Waals surface area contributed by atoms with Gasteiger partial charge in [-0.15, -0.1) is 0 Å². The Morgan fingerprint density at radius 1 is 1.45 bits per heavy atom. The van der Waals surface area contributed by atoms with Crippen LogP contribution in [0.4, 0.5) is 0 Å². The average molecular weight is 157 g/mol. The Kier molecular flexibility index (Phi) is 3.30. The summed E-state index contributed by atoms with van der Waals surface area (Å²) in [5.41, 5.74) is 0. The molecule has 1 aliphatic heterocycles. The molecule has 1 rings (SSSR count). The molecule has 11 heavy (non-hydrogen) atoms. The summed E-state index contributed by atoms with van der Waals surface area (Å²) < 4.78 is 0. The van der Waals surface area contributed by atoms with E-state index in [4.69, 9.17) is 0 Å². The lowest BCUT2D eigenvalue weighted by Gasteiger charge is -2.37. The van der Waals surface area contributed by atoms with Gasteiger partial charge < -0.3 is 10.2 Å². The second-order valence-electron chi connectivity index (χ2n) is 3.44. The van der Waals surface area contributed by atoms with E-state index in [0.29, 0.717) is 6.04 Å². The summed E-state index contributed by atoms with van der Waals surface area (Å²) in [6.07, 6.45) is 0. The molecule has 1 N–H and O–H groups in total. The fraction of sp³-hybridized carbons (Fsp3) is 1.00. The van der Waals surface area contributed by atoms with Crippen LogP contribution >= 0.6 is 0 Å². The topological polar surface area (TPSA) is 18.5 Å². The summed E-state index contributed by atoms with van der Waals surface area (Å²) in [5, 5.41) is 3.19. The predicted octanol–water partition coefficient (Wildman–Crippen LogP) is -0.201. The summed E-state index contributed by atoms with van der Waals surface area (Å²) in [7, 11) is 4.19. The van der Waals surface area contributed by atoms with Gasteiger partial charge in [0.1, 0.15) is 0 Å². The minimum atomic E-state index is 0.696. The predicted molar refractivity (Wildman–Crippen MR) is 47.6 cm³/mol. The third-order valence-corrected chi connectivity index (χ3v) is 2.33. The molecule has 0 spiro atoms. The molecule has 3 nitrogen and oxygen atoms in total. The van der Waals surface area contributed by atoms with E-state index in [9.17, 15) is 0 Å². The molecule has 66 valence electrons. The lowest BCUT2D eigenvalue weighted by atomic mass is 10.2. The molecule has 0 aromatic carbocycles. The maximum Gasteiger partial charge on any atom is 0.0481 e. The molecule has 1 heterocycles. The van der Waals surface area contributed by atoms with Gasteiger partial charge in [0, 0.05) is 32.3 Å². The van der Waals surface area contributed by atoms with E-state index in [2.05, 4.69) is 29.1 Å². The van der Waals surface area contributed by atoms with Crippen LogP contribution < -0.4 is 5.32 Å². The zero-order valence-corrected chi connectivity index (χ0v) is 7.80. The quantitative estimate of drug-likeness (QED) is 0.599. The zero-order chi connectivity index (χ0) is 8.27. The molecule has 1 fully saturated rings. The molecule has 1 aliphatic rings. The van der Waals surface area contributed by atoms with Gasteiger partial charge >= 0.3 is 0 Å². The molecule has 3 heteroatoms. The van der Waals surface area contributed by atoms with E-state index in [0.717, 1.165) is 6.67 Å². The first kappa shape index (κ1) is 8.97. The molecule has 1 atom stereocenters. The van der Waals surface area contributed by atoms with Crippen LogP contribution in [0.5, 0.6) is 0 Å². The summed E-state index contributed by atoms with van der Waals surface area (Å²) in [6.45, 7) is 6.90. The molecule has 1 saturated heterocycles. The highest BCUT2D eigenvalue weighted by atomic mass is 15.3. The first-order chi connectivity index (χ1) is 5.24. The van der Waals surface area contributed by atoms with Crippen molar-refractivity contribution in [3.8, 4) is 0 Å². The zero-order valence-electron chi connectivity index (χ0n) is 7.80. The lowest BCUT2D eigenvalue weighted by Crippen LogP contribution is -2.52. The maximum atomic E-state index is 3.19. The minimum absolute atomic E-state index is 0.696. The number of nitrogens with one attached hydrogen (secondary N) is 1. The van der Waals surface area contributed by atoms with E-state index in [1.54, 1.807) is 0 Å². The van der Waals surface area contributed by atoms with Crippen molar-refractivity contribution in [1.29, 1.82) is 0 Å². The number of hydrogen-bond donors (Lipinski definition) is 1. The van der Waals surface area contributed by atoms with Crippen LogP contribution in [-0.2, 0) is 0 Å². The van der Waals surface area contributed by atoms with Crippen molar-refractivity contribution < 1.29 is 0 Å². The molecule has 0 aromatic heterocycles. The molecule has 0 radical (unpaired) electrons. The second kappa shape index (κ2) is 4.04. The van der Waals surface area contributed by atoms with Crippen LogP contribution in [0.25, 0.3) is 0 Å². The molecule has 0 aromatic rings. The number of likely N-dealkylation sites (N-methyl/N-ethyl adjacent to an activating group) is 1. The first-order valence-electron chi connectivity index (χ1n) is 4.31. The molecule has 0 amide bonds. The lowest BCUT2D eigenvalue weighted by molar-refractivity contribution is 0.0948. The van der Waals surface area contributed by atoms with Crippen molar-refractivity contribution in [2.75, 3.05) is 40.4 Å². The Morgan fingerprint density at radius 3 is 2.73 bits per heavy atom. The van der Waals surface area contributed by atoms with Crippen molar-refractivity contribution in [3.63, 3.8) is 0 Å². The number of hydrogen-bond acceptors (Lipinski definition) is 3. The highest BCUT2D eigenvalue weighted by Gasteiger charge is 2.19. The van der Waals surface area contributed by atoms with E-state index in [1.165, 1.54) is 19.6 Å². The fourth-order valence-corrected chi connectivity index (χ4v) is 1.62. The van der Waals surface area contributed by atoms with E-state index >= 15 is 0 Å². The molecular weight excluding hydrogens is 138 g/mol. The van der Waals surface area contributed by atoms with Gasteiger partial charge in [0.05, 0.1) is 0 Å². The van der Waals surface area contributed by atoms with Crippen molar-refractivity contribution in [2.24, 2.45) is 0 Å². The summed E-state index contributed by atoms with van der Waals surface area (Å²) in [4.78, 5) is 4.86. The molecule has 0 saturated carbocycles. The molecule has 0 aliphatic carbocycles. The summed E-state index contributed by atoms with van der Waals surface area (Å²) in [6, 6.07) is 0.696. The second-order valence-corrected chi connectivity index (χ2v) is 3.44. The van der Waals surface area contributed by atoms with Gasteiger partial charge in [0.2, 0.25) is 0 Å². The monoisotopic (exact) mass is 157 g/mol. The average Bonchev–Trinajstić information content (AvgIpc) is 1.95. The van der Waals surface area contributed by atoms with Crippen LogP contribution in [0.3, 0.4) is 0 Å². The van der Waals surface area contributed by atoms with Crippen molar-refractivity contribution in [1.82, 2.24) is 15.1 Å². The number of nitrogens with zero attached hydrogens (tertiary/aromatic N) is 2. The molecule has 0 bridgehead atoms. The summed E-state index contributed by atoms with van der Waals surface area (Å²) >= 11 is 0. The minimum Gasteiger partial charge on any atom is -0.307 e. The van der Waals surface area contributed by atoms with Gasteiger partial charge in [-0.25, -0.2) is 0 Å². The first-order valence-corrected chi connectivity index (χ1v) is 4.31. The van der Waals surface area contributed by atoms with E-state index in [1.807, 2.05) is 7.05 Å². The molecular formula is C8H19N3. The van der Waals surface area contributed by atoms with Gasteiger partial charge in [-0.05, 0) is 21.0 Å². The number of rotatable bonds is 2. The summed E-state index contributed by atoms with van der Waals surface area (Å²) in [5.74, 6) is 0.